The van der Waals surface area contributed by atoms with Crippen molar-refractivity contribution < 1.29 is 4.74 Å². The number of hydrogen-bond donors (Lipinski definition) is 1. The molecule has 0 unspecified atom stereocenters. The second kappa shape index (κ2) is 8.95. The van der Waals surface area contributed by atoms with Crippen molar-refractivity contribution in [2.24, 2.45) is 0 Å². The first-order valence-corrected chi connectivity index (χ1v) is 10.3. The molecule has 27 heavy (non-hydrogen) atoms. The molecule has 0 atom stereocenters. The fourth-order valence-corrected chi connectivity index (χ4v) is 4.00. The van der Waals surface area contributed by atoms with Crippen molar-refractivity contribution in [1.82, 2.24) is 19.9 Å². The normalized spacial score (nSPS) is 19.2. The number of pyridine rings is 1. The van der Waals surface area contributed by atoms with Gasteiger partial charge in [-0.05, 0) is 46.5 Å². The zero-order valence-corrected chi connectivity index (χ0v) is 16.9. The molecule has 4 heterocycles. The van der Waals surface area contributed by atoms with Crippen LogP contribution in [0.1, 0.15) is 18.4 Å². The van der Waals surface area contributed by atoms with Crippen molar-refractivity contribution in [3.05, 3.63) is 40.8 Å². The van der Waals surface area contributed by atoms with Gasteiger partial charge in [-0.15, -0.1) is 0 Å². The highest BCUT2D eigenvalue weighted by molar-refractivity contribution is 9.10. The maximum absolute atomic E-state index is 5.41. The number of aromatic nitrogens is 3. The minimum Gasteiger partial charge on any atom is -0.378 e. The smallest absolute Gasteiger partial charge is 0.227 e. The maximum atomic E-state index is 5.41. The summed E-state index contributed by atoms with van der Waals surface area (Å²) in [7, 11) is 0. The van der Waals surface area contributed by atoms with Crippen LogP contribution in [0.25, 0.3) is 0 Å². The van der Waals surface area contributed by atoms with Crippen LogP contribution in [0.3, 0.4) is 0 Å². The largest absolute Gasteiger partial charge is 0.378 e. The van der Waals surface area contributed by atoms with Crippen molar-refractivity contribution in [3.63, 3.8) is 0 Å². The second-order valence-corrected chi connectivity index (χ2v) is 7.96. The van der Waals surface area contributed by atoms with Crippen molar-refractivity contribution in [3.8, 4) is 0 Å². The fraction of sp³-hybridized carbons (Fsp3) is 0.526. The Morgan fingerprint density at radius 2 is 1.96 bits per heavy atom. The number of nitrogens with zero attached hydrogens (tertiary/aromatic N) is 5. The molecule has 0 bridgehead atoms. The fourth-order valence-electron chi connectivity index (χ4n) is 3.59. The number of ether oxygens (including phenoxy) is 1. The molecule has 1 N–H and O–H groups in total. The van der Waals surface area contributed by atoms with Gasteiger partial charge in [0.05, 0.1) is 13.2 Å². The van der Waals surface area contributed by atoms with E-state index in [4.69, 9.17) is 9.72 Å². The van der Waals surface area contributed by atoms with Gasteiger partial charge in [0.15, 0.2) is 0 Å². The molecule has 8 heteroatoms. The number of piperidine rings is 1. The Labute approximate surface area is 168 Å². The third-order valence-corrected chi connectivity index (χ3v) is 5.48. The average molecular weight is 433 g/mol. The summed E-state index contributed by atoms with van der Waals surface area (Å²) in [4.78, 5) is 18.1. The summed E-state index contributed by atoms with van der Waals surface area (Å²) in [5.41, 5.74) is 1.25. The van der Waals surface area contributed by atoms with Gasteiger partial charge in [0.1, 0.15) is 5.82 Å². The Bertz CT molecular complexity index is 746. The van der Waals surface area contributed by atoms with E-state index in [9.17, 15) is 0 Å². The van der Waals surface area contributed by atoms with Crippen LogP contribution in [0.4, 0.5) is 11.8 Å². The lowest BCUT2D eigenvalue weighted by molar-refractivity contribution is 0.122. The van der Waals surface area contributed by atoms with Gasteiger partial charge >= 0.3 is 0 Å². The first-order valence-electron chi connectivity index (χ1n) is 9.50. The summed E-state index contributed by atoms with van der Waals surface area (Å²) in [6.07, 6.45) is 7.84. The molecule has 0 aromatic carbocycles. The Hall–Kier alpha value is -1.77. The number of halogens is 1. The minimum atomic E-state index is 0.453. The zero-order chi connectivity index (χ0) is 18.5. The van der Waals surface area contributed by atoms with E-state index in [-0.39, 0.29) is 0 Å². The van der Waals surface area contributed by atoms with Gasteiger partial charge in [-0.1, -0.05) is 0 Å². The van der Waals surface area contributed by atoms with Crippen molar-refractivity contribution in [1.29, 1.82) is 0 Å². The number of likely N-dealkylation sites (tertiary alicyclic amines) is 1. The van der Waals surface area contributed by atoms with Crippen LogP contribution in [-0.4, -0.2) is 65.3 Å². The van der Waals surface area contributed by atoms with E-state index in [1.165, 1.54) is 5.56 Å². The van der Waals surface area contributed by atoms with E-state index < -0.39 is 0 Å². The Balaban J connectivity index is 1.29. The highest BCUT2D eigenvalue weighted by Gasteiger charge is 2.20. The molecule has 0 amide bonds. The van der Waals surface area contributed by atoms with Crippen LogP contribution >= 0.6 is 15.9 Å². The molecule has 7 nitrogen and oxygen atoms in total. The topological polar surface area (TPSA) is 66.4 Å². The first-order chi connectivity index (χ1) is 13.3. The number of morpholine rings is 1. The number of anilines is 2. The van der Waals surface area contributed by atoms with Crippen molar-refractivity contribution in [2.45, 2.75) is 25.4 Å². The molecule has 2 aliphatic heterocycles. The van der Waals surface area contributed by atoms with Gasteiger partial charge in [-0.2, -0.15) is 4.98 Å². The standard InChI is InChI=1S/C19H25BrN6O/c20-16-11-15(12-21-13-16)14-25-5-2-17(3-6-25)23-18-1-4-22-19(24-18)26-7-9-27-10-8-26/h1,4,11-13,17H,2-3,5-10,14H2,(H,22,23,24). The molecular formula is C19H25BrN6O. The lowest BCUT2D eigenvalue weighted by Crippen LogP contribution is -2.39. The summed E-state index contributed by atoms with van der Waals surface area (Å²) in [5.74, 6) is 1.71. The van der Waals surface area contributed by atoms with Crippen molar-refractivity contribution in [2.75, 3.05) is 49.6 Å². The van der Waals surface area contributed by atoms with Gasteiger partial charge in [0, 0.05) is 61.8 Å². The van der Waals surface area contributed by atoms with E-state index in [2.05, 4.69) is 47.1 Å². The number of hydrogen-bond acceptors (Lipinski definition) is 7. The SMILES string of the molecule is Brc1cncc(CN2CCC(Nc3ccnc(N4CCOCC4)n3)CC2)c1. The summed E-state index contributed by atoms with van der Waals surface area (Å²) in [6, 6.07) is 4.56. The molecular weight excluding hydrogens is 408 g/mol. The highest BCUT2D eigenvalue weighted by atomic mass is 79.9. The number of rotatable bonds is 5. The predicted octanol–water partition coefficient (Wildman–Crippen LogP) is 2.55. The quantitative estimate of drug-likeness (QED) is 0.778. The van der Waals surface area contributed by atoms with Crippen LogP contribution in [0.2, 0.25) is 0 Å². The molecule has 2 aromatic rings. The molecule has 0 radical (unpaired) electrons. The lowest BCUT2D eigenvalue weighted by atomic mass is 10.0. The van der Waals surface area contributed by atoms with E-state index in [0.717, 1.165) is 75.0 Å². The van der Waals surface area contributed by atoms with E-state index in [1.54, 1.807) is 0 Å². The molecule has 4 rings (SSSR count). The maximum Gasteiger partial charge on any atom is 0.227 e. The average Bonchev–Trinajstić information content (AvgIpc) is 2.70. The van der Waals surface area contributed by atoms with Crippen LogP contribution in [0.15, 0.2) is 35.2 Å². The molecule has 0 saturated carbocycles. The van der Waals surface area contributed by atoms with Crippen LogP contribution < -0.4 is 10.2 Å². The molecule has 0 aliphatic carbocycles. The summed E-state index contributed by atoms with van der Waals surface area (Å²) >= 11 is 3.49. The molecule has 2 aliphatic rings. The van der Waals surface area contributed by atoms with Gasteiger partial charge in [-0.25, -0.2) is 4.98 Å². The third-order valence-electron chi connectivity index (χ3n) is 5.04. The highest BCUT2D eigenvalue weighted by Crippen LogP contribution is 2.19. The van der Waals surface area contributed by atoms with Crippen LogP contribution in [-0.2, 0) is 11.3 Å². The first kappa shape index (κ1) is 18.6. The molecule has 0 spiro atoms. The zero-order valence-electron chi connectivity index (χ0n) is 15.4. The third kappa shape index (κ3) is 5.15. The second-order valence-electron chi connectivity index (χ2n) is 7.05. The van der Waals surface area contributed by atoms with E-state index in [0.29, 0.717) is 6.04 Å². The summed E-state index contributed by atoms with van der Waals surface area (Å²) in [6.45, 7) is 6.30. The molecule has 144 valence electrons. The molecule has 2 fully saturated rings. The minimum absolute atomic E-state index is 0.453. The van der Waals surface area contributed by atoms with Crippen LogP contribution in [0, 0.1) is 0 Å². The lowest BCUT2D eigenvalue weighted by Gasteiger charge is -2.33. The molecule has 2 saturated heterocycles. The van der Waals surface area contributed by atoms with Gasteiger partial charge in [-0.3, -0.25) is 9.88 Å². The Morgan fingerprint density at radius 1 is 1.15 bits per heavy atom. The Kier molecular flexibility index (Phi) is 6.16. The summed E-state index contributed by atoms with van der Waals surface area (Å²) < 4.78 is 6.45. The van der Waals surface area contributed by atoms with Crippen molar-refractivity contribution >= 4 is 27.7 Å². The van der Waals surface area contributed by atoms with E-state index in [1.807, 2.05) is 24.7 Å². The van der Waals surface area contributed by atoms with Gasteiger partial charge < -0.3 is 15.0 Å². The number of nitrogens with one attached hydrogen (secondary N) is 1. The van der Waals surface area contributed by atoms with Gasteiger partial charge in [0.25, 0.3) is 0 Å². The Morgan fingerprint density at radius 3 is 2.74 bits per heavy atom. The predicted molar refractivity (Wildman–Crippen MR) is 109 cm³/mol. The monoisotopic (exact) mass is 432 g/mol. The van der Waals surface area contributed by atoms with E-state index >= 15 is 0 Å². The van der Waals surface area contributed by atoms with Gasteiger partial charge in [0.2, 0.25) is 5.95 Å². The molecule has 2 aromatic heterocycles. The summed E-state index contributed by atoms with van der Waals surface area (Å²) in [5, 5.41) is 3.60. The van der Waals surface area contributed by atoms with Crippen LogP contribution in [0.5, 0.6) is 0 Å².